The number of hydrogen-bond acceptors (Lipinski definition) is 2. The van der Waals surface area contributed by atoms with Crippen molar-refractivity contribution in [3.63, 3.8) is 0 Å². The summed E-state index contributed by atoms with van der Waals surface area (Å²) in [6.45, 7) is -0.190. The molecule has 0 saturated carbocycles. The zero-order chi connectivity index (χ0) is 15.4. The van der Waals surface area contributed by atoms with Crippen LogP contribution in [-0.2, 0) is 4.79 Å². The lowest BCUT2D eigenvalue weighted by Crippen LogP contribution is -2.22. The predicted molar refractivity (Wildman–Crippen MR) is 79.9 cm³/mol. The van der Waals surface area contributed by atoms with E-state index in [0.717, 1.165) is 6.07 Å². The first-order chi connectivity index (χ1) is 9.97. The van der Waals surface area contributed by atoms with Crippen LogP contribution < -0.4 is 10.6 Å². The molecule has 21 heavy (non-hydrogen) atoms. The number of amides is 1. The summed E-state index contributed by atoms with van der Waals surface area (Å²) < 4.78 is 26.5. The molecule has 3 nitrogen and oxygen atoms in total. The lowest BCUT2D eigenvalue weighted by molar-refractivity contribution is -0.114. The van der Waals surface area contributed by atoms with Crippen molar-refractivity contribution in [1.29, 1.82) is 0 Å². The third kappa shape index (κ3) is 4.06. The number of carbonyl (C=O) groups excluding carboxylic acids is 1. The fraction of sp³-hybridized carbons (Fsp3) is 0.0714. The van der Waals surface area contributed by atoms with E-state index in [4.69, 9.17) is 23.2 Å². The molecule has 0 heterocycles. The summed E-state index contributed by atoms with van der Waals surface area (Å²) in [6.07, 6.45) is 0. The van der Waals surface area contributed by atoms with Gasteiger partial charge in [0, 0.05) is 0 Å². The number of halogens is 4. The number of anilines is 2. The third-order valence-electron chi connectivity index (χ3n) is 2.60. The molecule has 2 aromatic rings. The SMILES string of the molecule is O=C(CNc1cccc(Cl)c1F)Nc1ccc(F)cc1Cl. The van der Waals surface area contributed by atoms with Crippen molar-refractivity contribution >= 4 is 40.5 Å². The Kier molecular flexibility index (Phi) is 4.98. The van der Waals surface area contributed by atoms with Gasteiger partial charge in [0.1, 0.15) is 5.82 Å². The van der Waals surface area contributed by atoms with E-state index < -0.39 is 17.5 Å². The molecule has 7 heteroatoms. The average molecular weight is 331 g/mol. The molecule has 2 rings (SSSR count). The second-order valence-electron chi connectivity index (χ2n) is 4.13. The monoisotopic (exact) mass is 330 g/mol. The Morgan fingerprint density at radius 2 is 1.81 bits per heavy atom. The van der Waals surface area contributed by atoms with Crippen molar-refractivity contribution in [3.8, 4) is 0 Å². The fourth-order valence-electron chi connectivity index (χ4n) is 1.60. The molecule has 0 saturated heterocycles. The van der Waals surface area contributed by atoms with Gasteiger partial charge in [-0.05, 0) is 30.3 Å². The first kappa shape index (κ1) is 15.5. The van der Waals surface area contributed by atoms with Crippen LogP contribution in [0.15, 0.2) is 36.4 Å². The second-order valence-corrected chi connectivity index (χ2v) is 4.94. The highest BCUT2D eigenvalue weighted by molar-refractivity contribution is 6.33. The van der Waals surface area contributed by atoms with Gasteiger partial charge < -0.3 is 10.6 Å². The highest BCUT2D eigenvalue weighted by Gasteiger charge is 2.09. The van der Waals surface area contributed by atoms with Crippen LogP contribution in [0.2, 0.25) is 10.0 Å². The minimum absolute atomic E-state index is 0.0398. The summed E-state index contributed by atoms with van der Waals surface area (Å²) in [4.78, 5) is 11.7. The molecule has 110 valence electrons. The number of rotatable bonds is 4. The molecule has 2 N–H and O–H groups in total. The summed E-state index contributed by atoms with van der Waals surface area (Å²) in [6, 6.07) is 8.02. The van der Waals surface area contributed by atoms with E-state index in [1.54, 1.807) is 6.07 Å². The molecule has 0 radical (unpaired) electrons. The Morgan fingerprint density at radius 3 is 2.52 bits per heavy atom. The molecule has 0 bridgehead atoms. The van der Waals surface area contributed by atoms with E-state index >= 15 is 0 Å². The molecule has 0 aliphatic carbocycles. The normalized spacial score (nSPS) is 10.3. The minimum Gasteiger partial charge on any atom is -0.374 e. The molecule has 0 fully saturated rings. The van der Waals surface area contributed by atoms with Crippen LogP contribution >= 0.6 is 23.2 Å². The van der Waals surface area contributed by atoms with Crippen molar-refractivity contribution in [3.05, 3.63) is 58.1 Å². The summed E-state index contributed by atoms with van der Waals surface area (Å²) in [7, 11) is 0. The van der Waals surface area contributed by atoms with Crippen molar-refractivity contribution in [1.82, 2.24) is 0 Å². The zero-order valence-electron chi connectivity index (χ0n) is 10.6. The van der Waals surface area contributed by atoms with Crippen LogP contribution in [-0.4, -0.2) is 12.5 Å². The van der Waals surface area contributed by atoms with Gasteiger partial charge >= 0.3 is 0 Å². The number of nitrogens with one attached hydrogen (secondary N) is 2. The molecule has 0 aromatic heterocycles. The van der Waals surface area contributed by atoms with Gasteiger partial charge in [-0.25, -0.2) is 8.78 Å². The predicted octanol–water partition coefficient (Wildman–Crippen LogP) is 4.32. The Morgan fingerprint density at radius 1 is 1.05 bits per heavy atom. The van der Waals surface area contributed by atoms with Crippen LogP contribution in [0.25, 0.3) is 0 Å². The molecule has 0 atom stereocenters. The Hall–Kier alpha value is -1.85. The fourth-order valence-corrected chi connectivity index (χ4v) is 1.99. The summed E-state index contributed by atoms with van der Waals surface area (Å²) >= 11 is 11.4. The molecule has 0 spiro atoms. The van der Waals surface area contributed by atoms with E-state index in [1.807, 2.05) is 0 Å². The minimum atomic E-state index is -0.633. The van der Waals surface area contributed by atoms with Gasteiger partial charge in [-0.1, -0.05) is 29.3 Å². The molecule has 2 aromatic carbocycles. The first-order valence-corrected chi connectivity index (χ1v) is 6.66. The average Bonchev–Trinajstić information content (AvgIpc) is 2.43. The Balaban J connectivity index is 1.97. The van der Waals surface area contributed by atoms with E-state index in [0.29, 0.717) is 0 Å². The van der Waals surface area contributed by atoms with E-state index in [-0.39, 0.29) is 28.0 Å². The number of benzene rings is 2. The standard InChI is InChI=1S/C14H10Cl2F2N2O/c15-9-2-1-3-12(14(9)18)19-7-13(21)20-11-5-4-8(17)6-10(11)16/h1-6,19H,7H2,(H,20,21). The maximum Gasteiger partial charge on any atom is 0.243 e. The van der Waals surface area contributed by atoms with Crippen molar-refractivity contribution in [2.24, 2.45) is 0 Å². The molecular weight excluding hydrogens is 321 g/mol. The van der Waals surface area contributed by atoms with Gasteiger partial charge in [-0.15, -0.1) is 0 Å². The molecular formula is C14H10Cl2F2N2O. The van der Waals surface area contributed by atoms with E-state index in [2.05, 4.69) is 10.6 Å². The molecule has 1 amide bonds. The second kappa shape index (κ2) is 6.74. The van der Waals surface area contributed by atoms with Crippen LogP contribution in [0.4, 0.5) is 20.2 Å². The maximum absolute atomic E-state index is 13.6. The van der Waals surface area contributed by atoms with Crippen molar-refractivity contribution in [2.45, 2.75) is 0 Å². The van der Waals surface area contributed by atoms with Gasteiger partial charge in [0.15, 0.2) is 5.82 Å². The molecule has 0 unspecified atom stereocenters. The lowest BCUT2D eigenvalue weighted by atomic mass is 10.3. The van der Waals surface area contributed by atoms with Crippen molar-refractivity contribution in [2.75, 3.05) is 17.2 Å². The van der Waals surface area contributed by atoms with Gasteiger partial charge in [-0.2, -0.15) is 0 Å². The Bertz CT molecular complexity index is 680. The zero-order valence-corrected chi connectivity index (χ0v) is 12.1. The van der Waals surface area contributed by atoms with E-state index in [1.165, 1.54) is 24.3 Å². The third-order valence-corrected chi connectivity index (χ3v) is 3.20. The summed E-state index contributed by atoms with van der Waals surface area (Å²) in [5.41, 5.74) is 0.388. The summed E-state index contributed by atoms with van der Waals surface area (Å²) in [5.74, 6) is -1.59. The van der Waals surface area contributed by atoms with Crippen LogP contribution in [0.5, 0.6) is 0 Å². The van der Waals surface area contributed by atoms with Gasteiger partial charge in [0.05, 0.1) is 28.0 Å². The highest BCUT2D eigenvalue weighted by atomic mass is 35.5. The molecule has 0 aliphatic heterocycles. The van der Waals surface area contributed by atoms with Crippen LogP contribution in [0.3, 0.4) is 0 Å². The largest absolute Gasteiger partial charge is 0.374 e. The van der Waals surface area contributed by atoms with Crippen LogP contribution in [0.1, 0.15) is 0 Å². The number of carbonyl (C=O) groups is 1. The van der Waals surface area contributed by atoms with Gasteiger partial charge in [0.2, 0.25) is 5.91 Å². The smallest absolute Gasteiger partial charge is 0.243 e. The number of hydrogen-bond donors (Lipinski definition) is 2. The summed E-state index contributed by atoms with van der Waals surface area (Å²) in [5, 5.41) is 5.14. The first-order valence-electron chi connectivity index (χ1n) is 5.90. The lowest BCUT2D eigenvalue weighted by Gasteiger charge is -2.10. The maximum atomic E-state index is 13.6. The molecule has 0 aliphatic rings. The van der Waals surface area contributed by atoms with Gasteiger partial charge in [0.25, 0.3) is 0 Å². The quantitative estimate of drug-likeness (QED) is 0.876. The van der Waals surface area contributed by atoms with Gasteiger partial charge in [-0.3, -0.25) is 4.79 Å². The topological polar surface area (TPSA) is 41.1 Å². The Labute approximate surface area is 129 Å². The highest BCUT2D eigenvalue weighted by Crippen LogP contribution is 2.23. The van der Waals surface area contributed by atoms with Crippen LogP contribution in [0, 0.1) is 11.6 Å². The van der Waals surface area contributed by atoms with Crippen molar-refractivity contribution < 1.29 is 13.6 Å². The van der Waals surface area contributed by atoms with E-state index in [9.17, 15) is 13.6 Å².